The van der Waals surface area contributed by atoms with Gasteiger partial charge in [0.1, 0.15) is 16.9 Å². The van der Waals surface area contributed by atoms with Crippen LogP contribution in [0.2, 0.25) is 0 Å². The molecule has 9 nitrogen and oxygen atoms in total. The van der Waals surface area contributed by atoms with Crippen molar-refractivity contribution in [1.29, 1.82) is 0 Å². The van der Waals surface area contributed by atoms with Crippen LogP contribution in [0.15, 0.2) is 36.8 Å². The number of hydrogen-bond donors (Lipinski definition) is 2. The summed E-state index contributed by atoms with van der Waals surface area (Å²) in [6.07, 6.45) is 5.75. The van der Waals surface area contributed by atoms with E-state index in [4.69, 9.17) is 4.74 Å². The average Bonchev–Trinajstić information content (AvgIpc) is 3.33. The lowest BCUT2D eigenvalue weighted by Gasteiger charge is -2.36. The fourth-order valence-corrected chi connectivity index (χ4v) is 4.53. The summed E-state index contributed by atoms with van der Waals surface area (Å²) in [5, 5.41) is 16.6. The van der Waals surface area contributed by atoms with E-state index >= 15 is 0 Å². The van der Waals surface area contributed by atoms with Gasteiger partial charge >= 0.3 is 0 Å². The SMILES string of the molecule is CC1(C)Cc2cc(NC(=O)c3cnn4cccnc34)c(N3CCN(CCO)CC3)cc2O1. The summed E-state index contributed by atoms with van der Waals surface area (Å²) >= 11 is 0. The van der Waals surface area contributed by atoms with Gasteiger partial charge in [0.25, 0.3) is 5.91 Å². The highest BCUT2D eigenvalue weighted by molar-refractivity contribution is 6.09. The van der Waals surface area contributed by atoms with E-state index in [0.29, 0.717) is 17.8 Å². The number of amides is 1. The Morgan fingerprint density at radius 3 is 2.84 bits per heavy atom. The maximum atomic E-state index is 13.2. The first kappa shape index (κ1) is 20.7. The van der Waals surface area contributed by atoms with E-state index in [0.717, 1.165) is 55.3 Å². The zero-order valence-electron chi connectivity index (χ0n) is 18.4. The lowest BCUT2D eigenvalue weighted by atomic mass is 10.0. The van der Waals surface area contributed by atoms with Gasteiger partial charge in [0.05, 0.1) is 24.2 Å². The molecule has 2 aliphatic rings. The van der Waals surface area contributed by atoms with Crippen LogP contribution >= 0.6 is 0 Å². The van der Waals surface area contributed by atoms with Crippen LogP contribution in [-0.4, -0.2) is 75.4 Å². The molecule has 3 aromatic rings. The lowest BCUT2D eigenvalue weighted by Crippen LogP contribution is -2.47. The Kier molecular flexibility index (Phi) is 5.22. The van der Waals surface area contributed by atoms with E-state index < -0.39 is 0 Å². The van der Waals surface area contributed by atoms with Gasteiger partial charge in [0, 0.05) is 63.2 Å². The molecule has 5 rings (SSSR count). The molecule has 1 fully saturated rings. The molecule has 0 atom stereocenters. The minimum atomic E-state index is -0.269. The minimum absolute atomic E-state index is 0.163. The first-order chi connectivity index (χ1) is 15.4. The van der Waals surface area contributed by atoms with Crippen LogP contribution in [-0.2, 0) is 6.42 Å². The number of anilines is 2. The van der Waals surface area contributed by atoms with Gasteiger partial charge in [-0.05, 0) is 26.0 Å². The molecule has 2 aromatic heterocycles. The van der Waals surface area contributed by atoms with Crippen molar-refractivity contribution in [3.63, 3.8) is 0 Å². The van der Waals surface area contributed by atoms with E-state index in [-0.39, 0.29) is 18.1 Å². The van der Waals surface area contributed by atoms with Crippen molar-refractivity contribution in [2.75, 3.05) is 49.5 Å². The quantitative estimate of drug-likeness (QED) is 0.630. The Bertz CT molecular complexity index is 1150. The number of aliphatic hydroxyl groups is 1. The molecule has 0 aliphatic carbocycles. The van der Waals surface area contributed by atoms with Crippen LogP contribution < -0.4 is 15.0 Å². The Labute approximate surface area is 186 Å². The molecule has 1 saturated heterocycles. The second-order valence-electron chi connectivity index (χ2n) is 8.97. The normalized spacial score (nSPS) is 17.9. The Balaban J connectivity index is 1.46. The van der Waals surface area contributed by atoms with Crippen LogP contribution in [0.1, 0.15) is 29.8 Å². The van der Waals surface area contributed by atoms with Crippen molar-refractivity contribution in [3.8, 4) is 5.75 Å². The third-order valence-corrected chi connectivity index (χ3v) is 6.08. The summed E-state index contributed by atoms with van der Waals surface area (Å²) in [5.41, 5.74) is 3.49. The number of nitrogens with one attached hydrogen (secondary N) is 1. The number of rotatable bonds is 5. The summed E-state index contributed by atoms with van der Waals surface area (Å²) in [7, 11) is 0. The second kappa shape index (κ2) is 8.07. The predicted molar refractivity (Wildman–Crippen MR) is 122 cm³/mol. The minimum Gasteiger partial charge on any atom is -0.487 e. The fourth-order valence-electron chi connectivity index (χ4n) is 4.53. The highest BCUT2D eigenvalue weighted by Crippen LogP contribution is 2.42. The predicted octanol–water partition coefficient (Wildman–Crippen LogP) is 1.81. The van der Waals surface area contributed by atoms with Crippen LogP contribution in [0.5, 0.6) is 5.75 Å². The maximum absolute atomic E-state index is 13.2. The molecule has 168 valence electrons. The van der Waals surface area contributed by atoms with Gasteiger partial charge in [0.2, 0.25) is 0 Å². The number of fused-ring (bicyclic) bond motifs is 2. The van der Waals surface area contributed by atoms with Gasteiger partial charge < -0.3 is 20.1 Å². The molecule has 4 heterocycles. The molecule has 0 spiro atoms. The Morgan fingerprint density at radius 1 is 1.25 bits per heavy atom. The largest absolute Gasteiger partial charge is 0.487 e. The van der Waals surface area contributed by atoms with Crippen molar-refractivity contribution in [3.05, 3.63) is 47.9 Å². The first-order valence-corrected chi connectivity index (χ1v) is 11.0. The number of aliphatic hydroxyl groups excluding tert-OH is 1. The van der Waals surface area contributed by atoms with E-state index in [1.54, 1.807) is 29.2 Å². The van der Waals surface area contributed by atoms with Crippen molar-refractivity contribution >= 4 is 22.9 Å². The molecular formula is C23H28N6O3. The number of hydrogen-bond acceptors (Lipinski definition) is 7. The van der Waals surface area contributed by atoms with Gasteiger partial charge in [0.15, 0.2) is 5.65 Å². The molecule has 0 bridgehead atoms. The lowest BCUT2D eigenvalue weighted by molar-refractivity contribution is 0.102. The summed E-state index contributed by atoms with van der Waals surface area (Å²) in [5.74, 6) is 0.635. The number of benzene rings is 1. The average molecular weight is 437 g/mol. The molecule has 1 aromatic carbocycles. The third kappa shape index (κ3) is 3.89. The first-order valence-electron chi connectivity index (χ1n) is 11.0. The molecule has 0 saturated carbocycles. The van der Waals surface area contributed by atoms with Gasteiger partial charge in [-0.2, -0.15) is 5.10 Å². The van der Waals surface area contributed by atoms with Gasteiger partial charge in [-0.25, -0.2) is 9.50 Å². The zero-order chi connectivity index (χ0) is 22.3. The number of nitrogens with zero attached hydrogens (tertiary/aromatic N) is 5. The number of aromatic nitrogens is 3. The summed E-state index contributed by atoms with van der Waals surface area (Å²) in [6.45, 7) is 8.32. The highest BCUT2D eigenvalue weighted by Gasteiger charge is 2.32. The monoisotopic (exact) mass is 436 g/mol. The number of carbonyl (C=O) groups excluding carboxylic acids is 1. The van der Waals surface area contributed by atoms with Crippen LogP contribution in [0.3, 0.4) is 0 Å². The maximum Gasteiger partial charge on any atom is 0.261 e. The molecular weight excluding hydrogens is 408 g/mol. The van der Waals surface area contributed by atoms with E-state index in [1.165, 1.54) is 0 Å². The highest BCUT2D eigenvalue weighted by atomic mass is 16.5. The second-order valence-corrected chi connectivity index (χ2v) is 8.97. The molecule has 0 unspecified atom stereocenters. The van der Waals surface area contributed by atoms with Crippen molar-refractivity contribution in [2.24, 2.45) is 0 Å². The van der Waals surface area contributed by atoms with Crippen molar-refractivity contribution < 1.29 is 14.6 Å². The molecule has 9 heteroatoms. The molecule has 1 amide bonds. The summed E-state index contributed by atoms with van der Waals surface area (Å²) in [4.78, 5) is 22.0. The Morgan fingerprint density at radius 2 is 2.06 bits per heavy atom. The standard InChI is InChI=1S/C23H28N6O3/c1-23(2)14-16-12-18(26-22(31)17-15-25-29-5-3-4-24-21(17)29)19(13-20(16)32-23)28-8-6-27(7-9-28)10-11-30/h3-5,12-13,15,30H,6-11,14H2,1-2H3,(H,26,31). The molecule has 2 N–H and O–H groups in total. The van der Waals surface area contributed by atoms with E-state index in [9.17, 15) is 9.90 Å². The number of carbonyl (C=O) groups is 1. The zero-order valence-corrected chi connectivity index (χ0v) is 18.4. The van der Waals surface area contributed by atoms with Crippen LogP contribution in [0.4, 0.5) is 11.4 Å². The van der Waals surface area contributed by atoms with E-state index in [1.807, 2.05) is 6.07 Å². The fraction of sp³-hybridized carbons (Fsp3) is 0.435. The third-order valence-electron chi connectivity index (χ3n) is 6.08. The number of piperazine rings is 1. The molecule has 2 aliphatic heterocycles. The van der Waals surface area contributed by atoms with Gasteiger partial charge in [-0.3, -0.25) is 9.69 Å². The van der Waals surface area contributed by atoms with Gasteiger partial charge in [-0.15, -0.1) is 0 Å². The van der Waals surface area contributed by atoms with Crippen LogP contribution in [0, 0.1) is 0 Å². The van der Waals surface area contributed by atoms with E-state index in [2.05, 4.69) is 45.1 Å². The van der Waals surface area contributed by atoms with Crippen molar-refractivity contribution in [2.45, 2.75) is 25.9 Å². The topological polar surface area (TPSA) is 95.2 Å². The Hall–Kier alpha value is -3.17. The summed E-state index contributed by atoms with van der Waals surface area (Å²) in [6, 6.07) is 5.87. The molecule has 32 heavy (non-hydrogen) atoms. The number of ether oxygens (including phenoxy) is 1. The van der Waals surface area contributed by atoms with Gasteiger partial charge in [-0.1, -0.05) is 0 Å². The van der Waals surface area contributed by atoms with Crippen molar-refractivity contribution in [1.82, 2.24) is 19.5 Å². The summed E-state index contributed by atoms with van der Waals surface area (Å²) < 4.78 is 7.76. The number of β-amino-alcohol motifs (C(OH)–C–C–N with tert-alkyl or cyclic N) is 1. The smallest absolute Gasteiger partial charge is 0.261 e. The van der Waals surface area contributed by atoms with Crippen LogP contribution in [0.25, 0.3) is 5.65 Å². The molecule has 0 radical (unpaired) electrons.